The molecule has 4 aliphatic carbocycles. The average Bonchev–Trinajstić information content (AvgIpc) is 2.90. The first-order valence-corrected chi connectivity index (χ1v) is 14.1. The van der Waals surface area contributed by atoms with E-state index in [0.717, 1.165) is 19.3 Å². The van der Waals surface area contributed by atoms with Crippen molar-refractivity contribution in [2.24, 2.45) is 17.6 Å². The van der Waals surface area contributed by atoms with Crippen LogP contribution in [0, 0.1) is 23.7 Å². The summed E-state index contributed by atoms with van der Waals surface area (Å²) in [5.41, 5.74) is 1.55. The molecule has 0 aliphatic heterocycles. The number of amides is 1. The molecule has 0 unspecified atom stereocenters. The number of aromatic hydroxyl groups is 1. The molecule has 1 saturated carbocycles. The van der Waals surface area contributed by atoms with Gasteiger partial charge < -0.3 is 36.2 Å². The third-order valence-corrected chi connectivity index (χ3v) is 9.29. The molecule has 224 valence electrons. The Morgan fingerprint density at radius 3 is 2.26 bits per heavy atom. The van der Waals surface area contributed by atoms with Crippen LogP contribution in [0.5, 0.6) is 5.75 Å². The molecule has 0 aromatic heterocycles. The van der Waals surface area contributed by atoms with Crippen LogP contribution in [0.2, 0.25) is 0 Å². The minimum Gasteiger partial charge on any atom is -0.510 e. The summed E-state index contributed by atoms with van der Waals surface area (Å²) in [6.07, 6.45) is 3.87. The highest BCUT2D eigenvalue weighted by atomic mass is 16.3. The van der Waals surface area contributed by atoms with Gasteiger partial charge in [0, 0.05) is 31.3 Å². The van der Waals surface area contributed by atoms with Crippen LogP contribution in [-0.2, 0) is 16.0 Å². The molecule has 1 aromatic rings. The Kier molecular flexibility index (Phi) is 7.16. The summed E-state index contributed by atoms with van der Waals surface area (Å²) in [5, 5.41) is 56.5. The number of rotatable bonds is 3. The highest BCUT2D eigenvalue weighted by molar-refractivity contribution is 6.25. The van der Waals surface area contributed by atoms with Crippen LogP contribution in [0.25, 0.3) is 0 Å². The predicted octanol–water partition coefficient (Wildman–Crippen LogP) is 1.23. The largest absolute Gasteiger partial charge is 0.510 e. The second kappa shape index (κ2) is 10.2. The number of ketones is 2. The van der Waals surface area contributed by atoms with Gasteiger partial charge in [-0.25, -0.2) is 0 Å². The van der Waals surface area contributed by atoms with E-state index in [4.69, 9.17) is 5.73 Å². The van der Waals surface area contributed by atoms with Crippen molar-refractivity contribution in [3.63, 3.8) is 0 Å². The lowest BCUT2D eigenvalue weighted by Crippen LogP contribution is -2.63. The van der Waals surface area contributed by atoms with Crippen molar-refractivity contribution in [2.75, 3.05) is 33.1 Å². The van der Waals surface area contributed by atoms with E-state index in [2.05, 4.69) is 11.8 Å². The van der Waals surface area contributed by atoms with Crippen LogP contribution < -0.4 is 10.6 Å². The van der Waals surface area contributed by atoms with Crippen molar-refractivity contribution in [3.8, 4) is 17.6 Å². The molecule has 11 nitrogen and oxygen atoms in total. The number of carbonyl (C=O) groups excluding carboxylic acids is 3. The van der Waals surface area contributed by atoms with Gasteiger partial charge in [0.2, 0.25) is 5.78 Å². The second-order valence-corrected chi connectivity index (χ2v) is 12.3. The van der Waals surface area contributed by atoms with Crippen LogP contribution in [-0.4, -0.2) is 93.3 Å². The van der Waals surface area contributed by atoms with E-state index < -0.39 is 69.4 Å². The summed E-state index contributed by atoms with van der Waals surface area (Å²) >= 11 is 0. The van der Waals surface area contributed by atoms with Crippen LogP contribution in [0.1, 0.15) is 60.0 Å². The van der Waals surface area contributed by atoms with Gasteiger partial charge >= 0.3 is 0 Å². The monoisotopic (exact) mass is 579 g/mol. The highest BCUT2D eigenvalue weighted by Crippen LogP contribution is 2.53. The van der Waals surface area contributed by atoms with E-state index in [0.29, 0.717) is 24.1 Å². The molecule has 0 radical (unpaired) electrons. The second-order valence-electron chi connectivity index (χ2n) is 12.3. The number of allylic oxidation sites excluding steroid dienone is 1. The normalized spacial score (nSPS) is 28.5. The molecule has 42 heavy (non-hydrogen) atoms. The number of hydrogen-bond donors (Lipinski definition) is 6. The zero-order chi connectivity index (χ0) is 30.9. The first-order valence-electron chi connectivity index (χ1n) is 14.1. The molecule has 4 aliphatic rings. The number of phenolic OH excluding ortho intramolecular Hbond substituents is 1. The van der Waals surface area contributed by atoms with Crippen molar-refractivity contribution in [3.05, 3.63) is 45.4 Å². The number of hydrogen-bond acceptors (Lipinski definition) is 10. The van der Waals surface area contributed by atoms with E-state index >= 15 is 0 Å². The van der Waals surface area contributed by atoms with E-state index in [1.165, 1.54) is 4.90 Å². The summed E-state index contributed by atoms with van der Waals surface area (Å²) < 4.78 is 0. The number of Topliss-reactive ketones (excluding diaryl/α,β-unsaturated/α-hetero) is 2. The van der Waals surface area contributed by atoms with E-state index in [-0.39, 0.29) is 29.5 Å². The van der Waals surface area contributed by atoms with Gasteiger partial charge in [0.05, 0.1) is 17.2 Å². The van der Waals surface area contributed by atoms with Gasteiger partial charge in [0.15, 0.2) is 11.4 Å². The Morgan fingerprint density at radius 1 is 1.05 bits per heavy atom. The molecule has 0 bridgehead atoms. The van der Waals surface area contributed by atoms with Crippen molar-refractivity contribution in [2.45, 2.75) is 62.2 Å². The van der Waals surface area contributed by atoms with Gasteiger partial charge in [-0.05, 0) is 70.2 Å². The van der Waals surface area contributed by atoms with Gasteiger partial charge in [-0.3, -0.25) is 19.3 Å². The van der Waals surface area contributed by atoms with Crippen molar-refractivity contribution in [1.29, 1.82) is 0 Å². The number of anilines is 1. The number of primary amides is 1. The number of aliphatic hydroxyl groups excluding tert-OH is 2. The van der Waals surface area contributed by atoms with Crippen LogP contribution in [0.15, 0.2) is 28.7 Å². The van der Waals surface area contributed by atoms with Gasteiger partial charge in [-0.1, -0.05) is 18.3 Å². The molecule has 7 N–H and O–H groups in total. The number of benzene rings is 1. The molecule has 0 heterocycles. The Hall–Kier alpha value is -3.85. The van der Waals surface area contributed by atoms with Crippen molar-refractivity contribution in [1.82, 2.24) is 4.90 Å². The van der Waals surface area contributed by atoms with Gasteiger partial charge in [-0.2, -0.15) is 0 Å². The minimum absolute atomic E-state index is 0.00792. The summed E-state index contributed by atoms with van der Waals surface area (Å²) in [7, 11) is 6.73. The number of likely N-dealkylation sites (N-methyl/N-ethyl adjacent to an activating group) is 1. The van der Waals surface area contributed by atoms with Gasteiger partial charge in [0.25, 0.3) is 5.91 Å². The molecule has 5 rings (SSSR count). The highest BCUT2D eigenvalue weighted by Gasteiger charge is 2.63. The number of carbonyl (C=O) groups is 3. The maximum Gasteiger partial charge on any atom is 0.255 e. The summed E-state index contributed by atoms with van der Waals surface area (Å²) in [5.74, 6) is -1.29. The molecule has 1 amide bonds. The lowest BCUT2D eigenvalue weighted by Gasteiger charge is -2.50. The Morgan fingerprint density at radius 2 is 1.69 bits per heavy atom. The molecule has 1 aromatic carbocycles. The number of aliphatic hydroxyl groups is 4. The Balaban J connectivity index is 1.69. The van der Waals surface area contributed by atoms with E-state index in [1.54, 1.807) is 39.2 Å². The Bertz CT molecular complexity index is 1520. The van der Waals surface area contributed by atoms with Crippen LogP contribution in [0.4, 0.5) is 5.69 Å². The molecule has 1 fully saturated rings. The van der Waals surface area contributed by atoms with Crippen molar-refractivity contribution < 1.29 is 39.9 Å². The first-order chi connectivity index (χ1) is 19.6. The quantitative estimate of drug-likeness (QED) is 0.225. The number of nitrogens with two attached hydrogens (primary N) is 1. The average molecular weight is 580 g/mol. The number of phenols is 1. The summed E-state index contributed by atoms with van der Waals surface area (Å²) in [4.78, 5) is 43.1. The first kappa shape index (κ1) is 29.6. The standard InChI is InChI=1S/C31H37N3O8/c1-33(2)19-14-15(8-11-30(41)9-6-5-7-10-30)24(35)21-17(19)12-16-13-18-23(34(3)4)26(37)22(29(32)40)28(39)31(18,42)27(38)20(16)25(21)36/h14,16,18,23,35,37-38,41-42H,5-7,9-10,12-13H2,1-4H3,(H2,32,40)/t16-,18-,23+,31-/m0/s1. The van der Waals surface area contributed by atoms with Crippen molar-refractivity contribution >= 4 is 23.2 Å². The summed E-state index contributed by atoms with van der Waals surface area (Å²) in [6.45, 7) is 0. The molecule has 0 spiro atoms. The smallest absolute Gasteiger partial charge is 0.255 e. The third-order valence-electron chi connectivity index (χ3n) is 9.29. The molecular weight excluding hydrogens is 542 g/mol. The third kappa shape index (κ3) is 4.28. The van der Waals surface area contributed by atoms with E-state index in [1.807, 2.05) is 0 Å². The minimum atomic E-state index is -2.70. The van der Waals surface area contributed by atoms with Gasteiger partial charge in [-0.15, -0.1) is 0 Å². The summed E-state index contributed by atoms with van der Waals surface area (Å²) in [6, 6.07) is 0.606. The van der Waals surface area contributed by atoms with E-state index in [9.17, 15) is 39.9 Å². The lowest BCUT2D eigenvalue weighted by atomic mass is 9.58. The SMILES string of the molecule is CN(C)c1cc(C#CC2(O)CCCCC2)c(O)c2c1C[C@H]1C[C@H]3[C@@H](N(C)C)C(O)=C(C(N)=O)C(=O)[C@@]3(O)C(O)=C1C2=O. The number of fused-ring (bicyclic) bond motifs is 3. The molecule has 0 saturated heterocycles. The predicted molar refractivity (Wildman–Crippen MR) is 153 cm³/mol. The molecule has 11 heteroatoms. The Labute approximate surface area is 243 Å². The van der Waals surface area contributed by atoms with Gasteiger partial charge in [0.1, 0.15) is 28.4 Å². The molecular formula is C31H37N3O8. The maximum atomic E-state index is 14.1. The topological polar surface area (TPSA) is 185 Å². The fraction of sp³-hybridized carbons (Fsp3) is 0.516. The zero-order valence-electron chi connectivity index (χ0n) is 24.2. The van der Waals surface area contributed by atoms with Crippen LogP contribution in [0.3, 0.4) is 0 Å². The number of nitrogens with zero attached hydrogens (tertiary/aromatic N) is 2. The maximum absolute atomic E-state index is 14.1. The molecule has 4 atom stereocenters. The fourth-order valence-electron chi connectivity index (χ4n) is 7.24. The fourth-order valence-corrected chi connectivity index (χ4v) is 7.24. The van der Waals surface area contributed by atoms with Crippen LogP contribution >= 0.6 is 0 Å². The zero-order valence-corrected chi connectivity index (χ0v) is 24.2. The lowest BCUT2D eigenvalue weighted by molar-refractivity contribution is -0.148.